The molecule has 18 heavy (non-hydrogen) atoms. The summed E-state index contributed by atoms with van der Waals surface area (Å²) in [6.45, 7) is 2.26. The lowest BCUT2D eigenvalue weighted by atomic mass is 9.92. The van der Waals surface area contributed by atoms with Crippen LogP contribution in [-0.2, 0) is 9.59 Å². The van der Waals surface area contributed by atoms with Crippen molar-refractivity contribution in [3.05, 3.63) is 30.3 Å². The van der Waals surface area contributed by atoms with Crippen LogP contribution in [0.15, 0.2) is 30.3 Å². The highest BCUT2D eigenvalue weighted by atomic mass is 16.5. The first-order valence-electron chi connectivity index (χ1n) is 5.95. The summed E-state index contributed by atoms with van der Waals surface area (Å²) < 4.78 is 0. The number of hydroxylamine groups is 1. The molecule has 2 atom stereocenters. The summed E-state index contributed by atoms with van der Waals surface area (Å²) in [5, 5.41) is 8.61. The van der Waals surface area contributed by atoms with Crippen LogP contribution in [0.2, 0.25) is 0 Å². The van der Waals surface area contributed by atoms with Gasteiger partial charge in [-0.2, -0.15) is 0 Å². The SMILES string of the molecule is C[C@H](C(=O)NO)[C@H]1CCN(c2ccccc2)C1=O. The number of anilines is 1. The second-order valence-corrected chi connectivity index (χ2v) is 4.49. The van der Waals surface area contributed by atoms with Gasteiger partial charge in [-0.1, -0.05) is 25.1 Å². The third kappa shape index (κ3) is 2.22. The van der Waals surface area contributed by atoms with E-state index >= 15 is 0 Å². The van der Waals surface area contributed by atoms with Crippen LogP contribution in [0.3, 0.4) is 0 Å². The number of para-hydroxylation sites is 1. The maximum atomic E-state index is 12.2. The lowest BCUT2D eigenvalue weighted by Gasteiger charge is -2.19. The van der Waals surface area contributed by atoms with Crippen molar-refractivity contribution in [2.75, 3.05) is 11.4 Å². The van der Waals surface area contributed by atoms with Gasteiger partial charge in [0.1, 0.15) is 0 Å². The van der Waals surface area contributed by atoms with Gasteiger partial charge in [-0.3, -0.25) is 14.8 Å². The number of carbonyl (C=O) groups excluding carboxylic acids is 2. The lowest BCUT2D eigenvalue weighted by Crippen LogP contribution is -2.36. The molecule has 5 nitrogen and oxygen atoms in total. The van der Waals surface area contributed by atoms with E-state index in [4.69, 9.17) is 5.21 Å². The molecule has 0 radical (unpaired) electrons. The fourth-order valence-corrected chi connectivity index (χ4v) is 2.31. The number of carbonyl (C=O) groups is 2. The van der Waals surface area contributed by atoms with E-state index in [0.29, 0.717) is 13.0 Å². The first kappa shape index (κ1) is 12.6. The molecule has 1 aromatic rings. The Hall–Kier alpha value is -1.88. The smallest absolute Gasteiger partial charge is 0.246 e. The molecule has 0 aliphatic carbocycles. The van der Waals surface area contributed by atoms with Gasteiger partial charge in [0.05, 0.1) is 5.92 Å². The molecule has 2 amide bonds. The molecule has 1 aliphatic heterocycles. The Morgan fingerprint density at radius 1 is 1.44 bits per heavy atom. The summed E-state index contributed by atoms with van der Waals surface area (Å²) in [5.74, 6) is -1.45. The van der Waals surface area contributed by atoms with E-state index in [9.17, 15) is 9.59 Å². The summed E-state index contributed by atoms with van der Waals surface area (Å²) in [6, 6.07) is 9.39. The van der Waals surface area contributed by atoms with Crippen molar-refractivity contribution in [3.8, 4) is 0 Å². The van der Waals surface area contributed by atoms with Gasteiger partial charge < -0.3 is 4.90 Å². The molecule has 2 rings (SSSR count). The van der Waals surface area contributed by atoms with Crippen molar-refractivity contribution < 1.29 is 14.8 Å². The van der Waals surface area contributed by atoms with Gasteiger partial charge in [0, 0.05) is 18.2 Å². The van der Waals surface area contributed by atoms with Crippen LogP contribution >= 0.6 is 0 Å². The molecule has 0 spiro atoms. The maximum Gasteiger partial charge on any atom is 0.246 e. The molecule has 5 heteroatoms. The van der Waals surface area contributed by atoms with Gasteiger partial charge in [-0.25, -0.2) is 5.48 Å². The highest BCUT2D eigenvalue weighted by Crippen LogP contribution is 2.29. The molecular weight excluding hydrogens is 232 g/mol. The molecular formula is C13H16N2O3. The highest BCUT2D eigenvalue weighted by molar-refractivity contribution is 5.99. The number of rotatable bonds is 3. The van der Waals surface area contributed by atoms with Crippen molar-refractivity contribution in [2.45, 2.75) is 13.3 Å². The average Bonchev–Trinajstić information content (AvgIpc) is 2.80. The topological polar surface area (TPSA) is 69.6 Å². The Labute approximate surface area is 105 Å². The maximum absolute atomic E-state index is 12.2. The molecule has 1 aliphatic rings. The number of hydrogen-bond donors (Lipinski definition) is 2. The van der Waals surface area contributed by atoms with Crippen LogP contribution in [0.1, 0.15) is 13.3 Å². The highest BCUT2D eigenvalue weighted by Gasteiger charge is 2.38. The average molecular weight is 248 g/mol. The zero-order chi connectivity index (χ0) is 13.1. The van der Waals surface area contributed by atoms with E-state index in [0.717, 1.165) is 5.69 Å². The van der Waals surface area contributed by atoms with Gasteiger partial charge in [0.2, 0.25) is 11.8 Å². The van der Waals surface area contributed by atoms with Crippen LogP contribution in [0.25, 0.3) is 0 Å². The molecule has 2 N–H and O–H groups in total. The van der Waals surface area contributed by atoms with Gasteiger partial charge >= 0.3 is 0 Å². The molecule has 0 aromatic heterocycles. The minimum atomic E-state index is -0.517. The van der Waals surface area contributed by atoms with Crippen LogP contribution in [0, 0.1) is 11.8 Å². The van der Waals surface area contributed by atoms with E-state index < -0.39 is 11.8 Å². The summed E-state index contributed by atoms with van der Waals surface area (Å²) in [7, 11) is 0. The quantitative estimate of drug-likeness (QED) is 0.623. The molecule has 96 valence electrons. The number of nitrogens with zero attached hydrogens (tertiary/aromatic N) is 1. The van der Waals surface area contributed by atoms with Crippen molar-refractivity contribution in [2.24, 2.45) is 11.8 Å². The Kier molecular flexibility index (Phi) is 3.62. The molecule has 0 saturated carbocycles. The Bertz CT molecular complexity index is 447. The van der Waals surface area contributed by atoms with E-state index in [1.807, 2.05) is 30.3 Å². The molecule has 1 heterocycles. The Morgan fingerprint density at radius 2 is 2.11 bits per heavy atom. The number of amides is 2. The molecule has 1 fully saturated rings. The fraction of sp³-hybridized carbons (Fsp3) is 0.385. The number of nitrogens with one attached hydrogen (secondary N) is 1. The van der Waals surface area contributed by atoms with E-state index in [1.165, 1.54) is 0 Å². The Balaban J connectivity index is 2.13. The summed E-state index contributed by atoms with van der Waals surface area (Å²) in [5.41, 5.74) is 2.46. The molecule has 1 aromatic carbocycles. The van der Waals surface area contributed by atoms with E-state index in [-0.39, 0.29) is 11.8 Å². The van der Waals surface area contributed by atoms with Crippen molar-refractivity contribution >= 4 is 17.5 Å². The zero-order valence-corrected chi connectivity index (χ0v) is 10.2. The first-order chi connectivity index (χ1) is 8.65. The van der Waals surface area contributed by atoms with E-state index in [2.05, 4.69) is 0 Å². The third-order valence-electron chi connectivity index (χ3n) is 3.44. The Morgan fingerprint density at radius 3 is 2.72 bits per heavy atom. The van der Waals surface area contributed by atoms with Crippen LogP contribution in [0.5, 0.6) is 0 Å². The normalized spacial score (nSPS) is 20.9. The third-order valence-corrected chi connectivity index (χ3v) is 3.44. The zero-order valence-electron chi connectivity index (χ0n) is 10.2. The molecule has 0 bridgehead atoms. The first-order valence-corrected chi connectivity index (χ1v) is 5.95. The van der Waals surface area contributed by atoms with Crippen molar-refractivity contribution in [1.82, 2.24) is 5.48 Å². The van der Waals surface area contributed by atoms with Crippen LogP contribution in [0.4, 0.5) is 5.69 Å². The van der Waals surface area contributed by atoms with Gasteiger partial charge in [-0.15, -0.1) is 0 Å². The van der Waals surface area contributed by atoms with Gasteiger partial charge in [0.15, 0.2) is 0 Å². The number of benzene rings is 1. The largest absolute Gasteiger partial charge is 0.312 e. The predicted molar refractivity (Wildman–Crippen MR) is 66.0 cm³/mol. The van der Waals surface area contributed by atoms with Crippen molar-refractivity contribution in [1.29, 1.82) is 0 Å². The standard InChI is InChI=1S/C13H16N2O3/c1-9(12(16)14-18)11-7-8-15(13(11)17)10-5-3-2-4-6-10/h2-6,9,11,18H,7-8H2,1H3,(H,14,16)/t9-,11+/m0/s1. The minimum absolute atomic E-state index is 0.0581. The van der Waals surface area contributed by atoms with Gasteiger partial charge in [-0.05, 0) is 18.6 Å². The molecule has 0 unspecified atom stereocenters. The summed E-state index contributed by atoms with van der Waals surface area (Å²) >= 11 is 0. The van der Waals surface area contributed by atoms with Crippen LogP contribution in [-0.4, -0.2) is 23.6 Å². The second-order valence-electron chi connectivity index (χ2n) is 4.49. The van der Waals surface area contributed by atoms with E-state index in [1.54, 1.807) is 17.3 Å². The second kappa shape index (κ2) is 5.18. The van der Waals surface area contributed by atoms with Crippen molar-refractivity contribution in [3.63, 3.8) is 0 Å². The lowest BCUT2D eigenvalue weighted by molar-refractivity contribution is -0.137. The van der Waals surface area contributed by atoms with Gasteiger partial charge in [0.25, 0.3) is 0 Å². The van der Waals surface area contributed by atoms with Crippen LogP contribution < -0.4 is 10.4 Å². The fourth-order valence-electron chi connectivity index (χ4n) is 2.31. The predicted octanol–water partition coefficient (Wildman–Crippen LogP) is 1.18. The monoisotopic (exact) mass is 248 g/mol. The molecule has 1 saturated heterocycles. The summed E-state index contributed by atoms with van der Waals surface area (Å²) in [6.07, 6.45) is 0.627. The number of hydrogen-bond acceptors (Lipinski definition) is 3. The minimum Gasteiger partial charge on any atom is -0.312 e. The summed E-state index contributed by atoms with van der Waals surface area (Å²) in [4.78, 5) is 25.3.